The smallest absolute Gasteiger partial charge is 0.0774 e. The molecule has 0 atom stereocenters. The third-order valence-corrected chi connectivity index (χ3v) is 4.83. The Hall–Kier alpha value is -0.190. The van der Waals surface area contributed by atoms with Crippen LogP contribution in [0, 0.1) is 0 Å². The maximum absolute atomic E-state index is 8.97. The molecule has 2 rings (SSSR count). The molecule has 84 valence electrons. The maximum atomic E-state index is 8.97. The van der Waals surface area contributed by atoms with Gasteiger partial charge in [0.15, 0.2) is 0 Å². The first-order valence-electron chi connectivity index (χ1n) is 4.51. The zero-order valence-corrected chi connectivity index (χ0v) is 11.3. The predicted octanol–water partition coefficient (Wildman–Crippen LogP) is 4.70. The van der Waals surface area contributed by atoms with Crippen LogP contribution in [0.4, 0.5) is 0 Å². The van der Waals surface area contributed by atoms with E-state index in [4.69, 9.17) is 28.3 Å². The molecule has 0 radical (unpaired) electrons. The normalized spacial score (nSPS) is 10.7. The molecule has 1 nitrogen and oxygen atoms in total. The molecule has 0 aliphatic heterocycles. The van der Waals surface area contributed by atoms with E-state index in [1.165, 1.54) is 0 Å². The molecule has 1 aromatic carbocycles. The molecule has 0 bridgehead atoms. The van der Waals surface area contributed by atoms with Gasteiger partial charge in [0.1, 0.15) is 0 Å². The lowest BCUT2D eigenvalue weighted by Gasteiger charge is -2.02. The summed E-state index contributed by atoms with van der Waals surface area (Å²) in [4.78, 5) is 1.88. The van der Waals surface area contributed by atoms with Crippen molar-refractivity contribution in [3.05, 3.63) is 45.3 Å². The Balaban J connectivity index is 2.22. The standard InChI is InChI=1S/C11H8Cl2OS2/c12-7-1-3-9(13)10(5-7)16-11-4-2-8(6-14)15-11/h1-5,14H,6H2. The van der Waals surface area contributed by atoms with Gasteiger partial charge in [0, 0.05) is 14.8 Å². The summed E-state index contributed by atoms with van der Waals surface area (Å²) in [6.07, 6.45) is 0. The predicted molar refractivity (Wildman–Crippen MR) is 70.8 cm³/mol. The van der Waals surface area contributed by atoms with Crippen LogP contribution in [-0.2, 0) is 6.61 Å². The summed E-state index contributed by atoms with van der Waals surface area (Å²) in [5.41, 5.74) is 0. The van der Waals surface area contributed by atoms with Crippen molar-refractivity contribution < 1.29 is 5.11 Å². The fraction of sp³-hybridized carbons (Fsp3) is 0.0909. The van der Waals surface area contributed by atoms with Crippen molar-refractivity contribution in [1.82, 2.24) is 0 Å². The van der Waals surface area contributed by atoms with E-state index < -0.39 is 0 Å². The van der Waals surface area contributed by atoms with E-state index in [0.29, 0.717) is 10.0 Å². The molecule has 1 N–H and O–H groups in total. The van der Waals surface area contributed by atoms with Crippen LogP contribution in [0.15, 0.2) is 39.4 Å². The molecule has 2 aromatic rings. The number of halogens is 2. The first kappa shape index (κ1) is 12.3. The number of benzene rings is 1. The summed E-state index contributed by atoms with van der Waals surface area (Å²) in [6, 6.07) is 9.27. The van der Waals surface area contributed by atoms with Crippen molar-refractivity contribution in [2.24, 2.45) is 0 Å². The molecule has 0 saturated heterocycles. The monoisotopic (exact) mass is 290 g/mol. The van der Waals surface area contributed by atoms with Gasteiger partial charge in [0.25, 0.3) is 0 Å². The molecule has 0 unspecified atom stereocenters. The minimum Gasteiger partial charge on any atom is -0.391 e. The molecule has 0 saturated carbocycles. The Morgan fingerprint density at radius 3 is 2.69 bits per heavy atom. The number of hydrogen-bond acceptors (Lipinski definition) is 3. The van der Waals surface area contributed by atoms with Crippen molar-refractivity contribution in [2.75, 3.05) is 0 Å². The van der Waals surface area contributed by atoms with Gasteiger partial charge in [-0.05, 0) is 30.3 Å². The van der Waals surface area contributed by atoms with Crippen LogP contribution in [-0.4, -0.2) is 5.11 Å². The topological polar surface area (TPSA) is 20.2 Å². The maximum Gasteiger partial charge on any atom is 0.0774 e. The molecule has 1 heterocycles. The summed E-state index contributed by atoms with van der Waals surface area (Å²) in [6.45, 7) is 0.0779. The Kier molecular flexibility index (Phi) is 4.16. The van der Waals surface area contributed by atoms with E-state index in [1.54, 1.807) is 35.2 Å². The first-order chi connectivity index (χ1) is 7.69. The van der Waals surface area contributed by atoms with Gasteiger partial charge in [0.05, 0.1) is 15.8 Å². The number of aliphatic hydroxyl groups is 1. The van der Waals surface area contributed by atoms with E-state index in [1.807, 2.05) is 18.2 Å². The van der Waals surface area contributed by atoms with Crippen molar-refractivity contribution in [1.29, 1.82) is 0 Å². The third kappa shape index (κ3) is 2.93. The molecule has 0 spiro atoms. The highest BCUT2D eigenvalue weighted by Crippen LogP contribution is 2.38. The largest absolute Gasteiger partial charge is 0.391 e. The van der Waals surface area contributed by atoms with E-state index in [9.17, 15) is 0 Å². The SMILES string of the molecule is OCc1ccc(Sc2cc(Cl)ccc2Cl)s1. The lowest BCUT2D eigenvalue weighted by molar-refractivity contribution is 0.285. The summed E-state index contributed by atoms with van der Waals surface area (Å²) in [5.74, 6) is 0. The molecule has 16 heavy (non-hydrogen) atoms. The van der Waals surface area contributed by atoms with Crippen LogP contribution in [0.3, 0.4) is 0 Å². The van der Waals surface area contributed by atoms with Gasteiger partial charge in [-0.3, -0.25) is 0 Å². The van der Waals surface area contributed by atoms with Crippen LogP contribution in [0.1, 0.15) is 4.88 Å². The molecular formula is C11H8Cl2OS2. The number of aliphatic hydroxyl groups excluding tert-OH is 1. The molecule has 0 aliphatic rings. The van der Waals surface area contributed by atoms with E-state index >= 15 is 0 Å². The second-order valence-corrected chi connectivity index (χ2v) is 6.41. The number of rotatable bonds is 3. The first-order valence-corrected chi connectivity index (χ1v) is 6.90. The van der Waals surface area contributed by atoms with Gasteiger partial charge < -0.3 is 5.11 Å². The second-order valence-electron chi connectivity index (χ2n) is 3.06. The minimum absolute atomic E-state index is 0.0779. The Morgan fingerprint density at radius 1 is 1.19 bits per heavy atom. The molecular weight excluding hydrogens is 283 g/mol. The zero-order chi connectivity index (χ0) is 11.5. The van der Waals surface area contributed by atoms with E-state index in [2.05, 4.69) is 0 Å². The lowest BCUT2D eigenvalue weighted by Crippen LogP contribution is -1.73. The highest BCUT2D eigenvalue weighted by atomic mass is 35.5. The highest BCUT2D eigenvalue weighted by molar-refractivity contribution is 8.01. The lowest BCUT2D eigenvalue weighted by atomic mass is 10.4. The molecule has 0 fully saturated rings. The summed E-state index contributed by atoms with van der Waals surface area (Å²) >= 11 is 15.1. The average Bonchev–Trinajstić information content (AvgIpc) is 2.71. The van der Waals surface area contributed by atoms with Crippen LogP contribution in [0.5, 0.6) is 0 Å². The summed E-state index contributed by atoms with van der Waals surface area (Å²) in [7, 11) is 0. The van der Waals surface area contributed by atoms with E-state index in [0.717, 1.165) is 14.0 Å². The van der Waals surface area contributed by atoms with Crippen LogP contribution in [0.2, 0.25) is 10.0 Å². The Bertz CT molecular complexity index is 496. The molecule has 5 heteroatoms. The summed E-state index contributed by atoms with van der Waals surface area (Å²) < 4.78 is 1.09. The zero-order valence-electron chi connectivity index (χ0n) is 8.11. The second kappa shape index (κ2) is 5.43. The minimum atomic E-state index is 0.0779. The van der Waals surface area contributed by atoms with Crippen molar-refractivity contribution in [3.63, 3.8) is 0 Å². The fourth-order valence-electron chi connectivity index (χ4n) is 1.16. The van der Waals surface area contributed by atoms with Crippen molar-refractivity contribution in [2.45, 2.75) is 15.7 Å². The molecule has 1 aromatic heterocycles. The number of thiophene rings is 1. The van der Waals surface area contributed by atoms with Gasteiger partial charge in [-0.2, -0.15) is 0 Å². The summed E-state index contributed by atoms with van der Waals surface area (Å²) in [5, 5.41) is 10.3. The van der Waals surface area contributed by atoms with Gasteiger partial charge in [0.2, 0.25) is 0 Å². The van der Waals surface area contributed by atoms with Crippen molar-refractivity contribution in [3.8, 4) is 0 Å². The van der Waals surface area contributed by atoms with E-state index in [-0.39, 0.29) is 6.61 Å². The van der Waals surface area contributed by atoms with Crippen molar-refractivity contribution >= 4 is 46.3 Å². The van der Waals surface area contributed by atoms with Gasteiger partial charge in [-0.25, -0.2) is 0 Å². The van der Waals surface area contributed by atoms with Gasteiger partial charge in [-0.1, -0.05) is 35.0 Å². The van der Waals surface area contributed by atoms with Crippen LogP contribution < -0.4 is 0 Å². The quantitative estimate of drug-likeness (QED) is 0.884. The molecule has 0 amide bonds. The number of hydrogen-bond donors (Lipinski definition) is 1. The van der Waals surface area contributed by atoms with Crippen LogP contribution >= 0.6 is 46.3 Å². The average molecular weight is 291 g/mol. The fourth-order valence-corrected chi connectivity index (χ4v) is 3.69. The van der Waals surface area contributed by atoms with Gasteiger partial charge >= 0.3 is 0 Å². The molecule has 0 aliphatic carbocycles. The van der Waals surface area contributed by atoms with Crippen LogP contribution in [0.25, 0.3) is 0 Å². The Labute approximate surface area is 112 Å². The third-order valence-electron chi connectivity index (χ3n) is 1.90. The highest BCUT2D eigenvalue weighted by Gasteiger charge is 2.06. The van der Waals surface area contributed by atoms with Gasteiger partial charge in [-0.15, -0.1) is 11.3 Å². The Morgan fingerprint density at radius 2 is 2.00 bits per heavy atom.